The first kappa shape index (κ1) is 17.7. The molecule has 0 atom stereocenters. The van der Waals surface area contributed by atoms with Crippen molar-refractivity contribution in [2.75, 3.05) is 6.61 Å². The van der Waals surface area contributed by atoms with E-state index in [4.69, 9.17) is 4.74 Å². The molecule has 0 bridgehead atoms. The number of aryl methyl sites for hydroxylation is 2. The Hall–Kier alpha value is -3.16. The van der Waals surface area contributed by atoms with Crippen LogP contribution in [-0.2, 0) is 6.42 Å². The molecular formula is C18H20N4O4. The number of fused-ring (bicyclic) bond motifs is 1. The molecule has 0 fully saturated rings. The Morgan fingerprint density at radius 1 is 1.35 bits per heavy atom. The second kappa shape index (κ2) is 6.99. The lowest BCUT2D eigenvalue weighted by Gasteiger charge is -2.11. The SMILES string of the molecule is CCCc1nc(C)c2c(=O)[nH]c(-c3cc(C(=O)O)ccc3OCC)nn12. The van der Waals surface area contributed by atoms with Crippen molar-refractivity contribution in [2.24, 2.45) is 0 Å². The van der Waals surface area contributed by atoms with Gasteiger partial charge in [-0.25, -0.2) is 14.3 Å². The number of benzene rings is 1. The molecule has 0 unspecified atom stereocenters. The van der Waals surface area contributed by atoms with E-state index in [0.29, 0.717) is 41.4 Å². The zero-order valence-electron chi connectivity index (χ0n) is 14.9. The van der Waals surface area contributed by atoms with E-state index in [9.17, 15) is 14.7 Å². The Morgan fingerprint density at radius 2 is 2.12 bits per heavy atom. The number of carboxylic acids is 1. The van der Waals surface area contributed by atoms with E-state index >= 15 is 0 Å². The number of hydrogen-bond acceptors (Lipinski definition) is 5. The lowest BCUT2D eigenvalue weighted by atomic mass is 10.1. The van der Waals surface area contributed by atoms with Gasteiger partial charge in [-0.05, 0) is 38.5 Å². The van der Waals surface area contributed by atoms with Crippen LogP contribution in [0, 0.1) is 6.92 Å². The van der Waals surface area contributed by atoms with Crippen LogP contribution in [-0.4, -0.2) is 37.3 Å². The van der Waals surface area contributed by atoms with E-state index in [1.807, 2.05) is 13.8 Å². The van der Waals surface area contributed by atoms with Gasteiger partial charge in [0.1, 0.15) is 11.6 Å². The van der Waals surface area contributed by atoms with Crippen LogP contribution in [0.15, 0.2) is 23.0 Å². The molecule has 26 heavy (non-hydrogen) atoms. The predicted octanol–water partition coefficient (Wildman–Crippen LogP) is 2.44. The van der Waals surface area contributed by atoms with Crippen molar-refractivity contribution in [2.45, 2.75) is 33.6 Å². The minimum absolute atomic E-state index is 0.0850. The van der Waals surface area contributed by atoms with Crippen LogP contribution in [0.25, 0.3) is 16.9 Å². The second-order valence-corrected chi connectivity index (χ2v) is 5.88. The molecule has 0 aliphatic heterocycles. The lowest BCUT2D eigenvalue weighted by Crippen LogP contribution is -2.16. The number of imidazole rings is 1. The van der Waals surface area contributed by atoms with Crippen LogP contribution in [0.5, 0.6) is 5.75 Å². The zero-order valence-corrected chi connectivity index (χ0v) is 14.9. The number of carboxylic acid groups (broad SMARTS) is 1. The zero-order chi connectivity index (χ0) is 18.8. The third kappa shape index (κ3) is 3.05. The maximum atomic E-state index is 12.6. The van der Waals surface area contributed by atoms with Gasteiger partial charge in [-0.15, -0.1) is 5.10 Å². The summed E-state index contributed by atoms with van der Waals surface area (Å²) in [6.07, 6.45) is 1.54. The summed E-state index contributed by atoms with van der Waals surface area (Å²) >= 11 is 0. The van der Waals surface area contributed by atoms with Gasteiger partial charge in [0, 0.05) is 6.42 Å². The summed E-state index contributed by atoms with van der Waals surface area (Å²) in [7, 11) is 0. The number of nitrogens with one attached hydrogen (secondary N) is 1. The molecule has 0 amide bonds. The molecule has 0 aliphatic rings. The summed E-state index contributed by atoms with van der Waals surface area (Å²) < 4.78 is 7.12. The first-order chi connectivity index (χ1) is 12.5. The van der Waals surface area contributed by atoms with Gasteiger partial charge in [-0.2, -0.15) is 0 Å². The molecule has 0 spiro atoms. The average Bonchev–Trinajstić information content (AvgIpc) is 2.92. The highest BCUT2D eigenvalue weighted by Crippen LogP contribution is 2.28. The number of nitrogens with zero attached hydrogens (tertiary/aromatic N) is 3. The van der Waals surface area contributed by atoms with Crippen molar-refractivity contribution in [1.29, 1.82) is 0 Å². The number of aromatic nitrogens is 4. The highest BCUT2D eigenvalue weighted by Gasteiger charge is 2.18. The first-order valence-corrected chi connectivity index (χ1v) is 8.45. The Morgan fingerprint density at radius 3 is 2.77 bits per heavy atom. The molecule has 1 aromatic carbocycles. The fraction of sp³-hybridized carbons (Fsp3) is 0.333. The molecule has 136 valence electrons. The number of carbonyl (C=O) groups is 1. The number of rotatable bonds is 6. The van der Waals surface area contributed by atoms with Crippen molar-refractivity contribution < 1.29 is 14.6 Å². The summed E-state index contributed by atoms with van der Waals surface area (Å²) in [5.41, 5.74) is 1.18. The molecule has 3 rings (SSSR count). The van der Waals surface area contributed by atoms with Crippen LogP contribution >= 0.6 is 0 Å². The van der Waals surface area contributed by atoms with Gasteiger partial charge < -0.3 is 14.8 Å². The lowest BCUT2D eigenvalue weighted by molar-refractivity contribution is 0.0697. The average molecular weight is 356 g/mol. The minimum Gasteiger partial charge on any atom is -0.493 e. The summed E-state index contributed by atoms with van der Waals surface area (Å²) in [6, 6.07) is 4.47. The predicted molar refractivity (Wildman–Crippen MR) is 95.9 cm³/mol. The van der Waals surface area contributed by atoms with Gasteiger partial charge in [-0.3, -0.25) is 4.79 Å². The van der Waals surface area contributed by atoms with Gasteiger partial charge >= 0.3 is 5.97 Å². The Balaban J connectivity index is 2.28. The monoisotopic (exact) mass is 356 g/mol. The highest BCUT2D eigenvalue weighted by molar-refractivity contribution is 5.90. The summed E-state index contributed by atoms with van der Waals surface area (Å²) in [4.78, 5) is 31.1. The minimum atomic E-state index is -1.07. The van der Waals surface area contributed by atoms with Crippen molar-refractivity contribution in [3.05, 3.63) is 45.6 Å². The largest absolute Gasteiger partial charge is 0.493 e. The van der Waals surface area contributed by atoms with E-state index < -0.39 is 5.97 Å². The fourth-order valence-corrected chi connectivity index (χ4v) is 2.87. The third-order valence-corrected chi connectivity index (χ3v) is 4.00. The van der Waals surface area contributed by atoms with Crippen molar-refractivity contribution in [1.82, 2.24) is 19.6 Å². The van der Waals surface area contributed by atoms with Crippen molar-refractivity contribution in [3.8, 4) is 17.1 Å². The molecule has 2 heterocycles. The van der Waals surface area contributed by atoms with Gasteiger partial charge in [0.05, 0.1) is 23.4 Å². The van der Waals surface area contributed by atoms with Gasteiger partial charge in [0.25, 0.3) is 5.56 Å². The first-order valence-electron chi connectivity index (χ1n) is 8.45. The maximum absolute atomic E-state index is 12.6. The number of hydrogen-bond donors (Lipinski definition) is 2. The Kier molecular flexibility index (Phi) is 4.75. The van der Waals surface area contributed by atoms with E-state index in [1.54, 1.807) is 13.0 Å². The van der Waals surface area contributed by atoms with Crippen LogP contribution in [0.3, 0.4) is 0 Å². The summed E-state index contributed by atoms with van der Waals surface area (Å²) in [5.74, 6) is 0.320. The summed E-state index contributed by atoms with van der Waals surface area (Å²) in [5, 5.41) is 13.8. The van der Waals surface area contributed by atoms with Crippen LogP contribution in [0.4, 0.5) is 0 Å². The Bertz CT molecular complexity index is 1040. The van der Waals surface area contributed by atoms with E-state index in [2.05, 4.69) is 15.1 Å². The van der Waals surface area contributed by atoms with Crippen molar-refractivity contribution in [3.63, 3.8) is 0 Å². The van der Waals surface area contributed by atoms with E-state index in [0.717, 1.165) is 6.42 Å². The molecule has 2 aromatic heterocycles. The second-order valence-electron chi connectivity index (χ2n) is 5.88. The van der Waals surface area contributed by atoms with Gasteiger partial charge in [-0.1, -0.05) is 6.92 Å². The summed E-state index contributed by atoms with van der Waals surface area (Å²) in [6.45, 7) is 6.01. The standard InChI is InChI=1S/C18H20N4O4/c1-4-6-14-19-10(3)15-17(23)20-16(21-22(14)15)12-9-11(18(24)25)7-8-13(12)26-5-2/h7-9H,4-6H2,1-3H3,(H,24,25)(H,20,21,23). The van der Waals surface area contributed by atoms with Crippen LogP contribution in [0.2, 0.25) is 0 Å². The molecule has 8 heteroatoms. The van der Waals surface area contributed by atoms with E-state index in [1.165, 1.54) is 16.6 Å². The smallest absolute Gasteiger partial charge is 0.335 e. The van der Waals surface area contributed by atoms with Gasteiger partial charge in [0.15, 0.2) is 11.3 Å². The number of ether oxygens (including phenoxy) is 1. The molecule has 2 N–H and O–H groups in total. The normalized spacial score (nSPS) is 11.0. The van der Waals surface area contributed by atoms with Crippen LogP contribution in [0.1, 0.15) is 42.1 Å². The molecule has 8 nitrogen and oxygen atoms in total. The molecule has 3 aromatic rings. The molecule has 0 aliphatic carbocycles. The quantitative estimate of drug-likeness (QED) is 0.702. The Labute approximate surface area is 149 Å². The van der Waals surface area contributed by atoms with Crippen LogP contribution < -0.4 is 10.3 Å². The number of H-pyrrole nitrogens is 1. The van der Waals surface area contributed by atoms with E-state index in [-0.39, 0.29) is 16.9 Å². The maximum Gasteiger partial charge on any atom is 0.335 e. The fourth-order valence-electron chi connectivity index (χ4n) is 2.87. The highest BCUT2D eigenvalue weighted by atomic mass is 16.5. The van der Waals surface area contributed by atoms with Crippen molar-refractivity contribution >= 4 is 11.5 Å². The van der Waals surface area contributed by atoms with Gasteiger partial charge in [0.2, 0.25) is 0 Å². The third-order valence-electron chi connectivity index (χ3n) is 4.00. The number of aromatic amines is 1. The molecule has 0 radical (unpaired) electrons. The molecule has 0 saturated carbocycles. The number of aromatic carboxylic acids is 1. The molecule has 0 saturated heterocycles. The molecular weight excluding hydrogens is 336 g/mol. The topological polar surface area (TPSA) is 110 Å².